The van der Waals surface area contributed by atoms with Crippen molar-refractivity contribution in [2.75, 3.05) is 13.2 Å². The van der Waals surface area contributed by atoms with Crippen molar-refractivity contribution in [3.8, 4) is 11.5 Å². The van der Waals surface area contributed by atoms with Crippen LogP contribution in [0.2, 0.25) is 0 Å². The second-order valence-corrected chi connectivity index (χ2v) is 8.87. The van der Waals surface area contributed by atoms with Crippen LogP contribution in [0, 0.1) is 0 Å². The first-order valence-corrected chi connectivity index (χ1v) is 10.7. The number of benzene rings is 2. The number of carbonyl (C=O) groups is 2. The van der Waals surface area contributed by atoms with E-state index in [-0.39, 0.29) is 17.7 Å². The monoisotopic (exact) mass is 412 g/mol. The standard InChI is InChI=1S/C21H20N2O5S/c24-20-6-4-17(21(25)22-20)13-1-2-14-11-23(12-15(14)9-13)29(26)16-3-5-18-19(10-16)28-8-7-27-18/h1-3,5,9-10,17H,4,6-8,11-12H2,(H,22,24,25). The molecule has 1 saturated heterocycles. The van der Waals surface area contributed by atoms with Gasteiger partial charge >= 0.3 is 0 Å². The molecule has 2 unspecified atom stereocenters. The summed E-state index contributed by atoms with van der Waals surface area (Å²) >= 11 is 0. The number of nitrogens with one attached hydrogen (secondary N) is 1. The van der Waals surface area contributed by atoms with Crippen LogP contribution in [0.3, 0.4) is 0 Å². The molecular formula is C21H20N2O5S. The predicted octanol–water partition coefficient (Wildman–Crippen LogP) is 2.02. The first kappa shape index (κ1) is 18.3. The molecule has 0 saturated carbocycles. The van der Waals surface area contributed by atoms with Crippen molar-refractivity contribution in [2.45, 2.75) is 36.7 Å². The van der Waals surface area contributed by atoms with Gasteiger partial charge in [-0.05, 0) is 35.2 Å². The van der Waals surface area contributed by atoms with Crippen molar-refractivity contribution >= 4 is 22.8 Å². The molecule has 0 radical (unpaired) electrons. The molecule has 0 aliphatic carbocycles. The fraction of sp³-hybridized carbons (Fsp3) is 0.333. The Hall–Kier alpha value is -2.71. The first-order valence-electron chi connectivity index (χ1n) is 9.60. The summed E-state index contributed by atoms with van der Waals surface area (Å²) in [5.41, 5.74) is 3.07. The quantitative estimate of drug-likeness (QED) is 0.780. The van der Waals surface area contributed by atoms with E-state index in [9.17, 15) is 13.8 Å². The number of amides is 2. The molecule has 1 N–H and O–H groups in total. The lowest BCUT2D eigenvalue weighted by Gasteiger charge is -2.21. The van der Waals surface area contributed by atoms with Crippen molar-refractivity contribution < 1.29 is 23.3 Å². The van der Waals surface area contributed by atoms with Crippen LogP contribution in [-0.2, 0) is 33.7 Å². The molecule has 2 aromatic carbocycles. The zero-order valence-electron chi connectivity index (χ0n) is 15.7. The smallest absolute Gasteiger partial charge is 0.234 e. The third-order valence-corrected chi connectivity index (χ3v) is 6.90. The molecule has 8 heteroatoms. The van der Waals surface area contributed by atoms with E-state index in [1.54, 1.807) is 18.2 Å². The van der Waals surface area contributed by atoms with Crippen LogP contribution in [0.15, 0.2) is 41.3 Å². The Labute approximate surface area is 170 Å². The van der Waals surface area contributed by atoms with E-state index >= 15 is 0 Å². The Kier molecular flexibility index (Phi) is 4.60. The van der Waals surface area contributed by atoms with Crippen LogP contribution in [0.1, 0.15) is 35.4 Å². The molecule has 0 spiro atoms. The lowest BCUT2D eigenvalue weighted by atomic mass is 9.89. The van der Waals surface area contributed by atoms with Crippen LogP contribution in [-0.4, -0.2) is 33.5 Å². The number of rotatable bonds is 3. The van der Waals surface area contributed by atoms with E-state index in [0.717, 1.165) is 16.7 Å². The topological polar surface area (TPSA) is 84.9 Å². The van der Waals surface area contributed by atoms with Crippen LogP contribution < -0.4 is 14.8 Å². The minimum absolute atomic E-state index is 0.214. The Morgan fingerprint density at radius 3 is 2.59 bits per heavy atom. The average Bonchev–Trinajstić information content (AvgIpc) is 3.16. The van der Waals surface area contributed by atoms with Gasteiger partial charge in [-0.1, -0.05) is 18.2 Å². The highest BCUT2D eigenvalue weighted by Gasteiger charge is 2.30. The van der Waals surface area contributed by atoms with Crippen molar-refractivity contribution in [3.63, 3.8) is 0 Å². The predicted molar refractivity (Wildman–Crippen MR) is 105 cm³/mol. The van der Waals surface area contributed by atoms with Crippen molar-refractivity contribution in [3.05, 3.63) is 53.1 Å². The summed E-state index contributed by atoms with van der Waals surface area (Å²) in [5, 5.41) is 2.41. The molecule has 3 aliphatic rings. The highest BCUT2D eigenvalue weighted by atomic mass is 32.2. The molecule has 5 rings (SSSR count). The Bertz CT molecular complexity index is 1040. The normalized spacial score (nSPS) is 22.1. The minimum atomic E-state index is -1.33. The first-order chi connectivity index (χ1) is 14.1. The number of hydrogen-bond donors (Lipinski definition) is 1. The van der Waals surface area contributed by atoms with Gasteiger partial charge in [0.1, 0.15) is 24.2 Å². The van der Waals surface area contributed by atoms with Gasteiger partial charge < -0.3 is 9.47 Å². The van der Waals surface area contributed by atoms with E-state index in [1.807, 2.05) is 22.5 Å². The molecule has 3 heterocycles. The van der Waals surface area contributed by atoms with E-state index in [4.69, 9.17) is 9.47 Å². The van der Waals surface area contributed by atoms with Crippen LogP contribution >= 0.6 is 0 Å². The summed E-state index contributed by atoms with van der Waals surface area (Å²) in [7, 11) is -1.33. The maximum absolute atomic E-state index is 13.1. The highest BCUT2D eigenvalue weighted by Crippen LogP contribution is 2.35. The molecule has 3 aliphatic heterocycles. The SMILES string of the molecule is O=C1CCC(c2ccc3c(c2)CN(S(=O)c2ccc4c(c2)OCCO4)C3)C(=O)N1. The largest absolute Gasteiger partial charge is 0.486 e. The van der Waals surface area contributed by atoms with Crippen LogP contribution in [0.5, 0.6) is 11.5 Å². The fourth-order valence-corrected chi connectivity index (χ4v) is 5.21. The lowest BCUT2D eigenvalue weighted by Crippen LogP contribution is -2.39. The van der Waals surface area contributed by atoms with Gasteiger partial charge in [0.2, 0.25) is 11.8 Å². The number of piperidine rings is 1. The summed E-state index contributed by atoms with van der Waals surface area (Å²) in [6.07, 6.45) is 0.879. The molecular weight excluding hydrogens is 392 g/mol. The maximum atomic E-state index is 13.1. The Morgan fingerprint density at radius 1 is 0.966 bits per heavy atom. The van der Waals surface area contributed by atoms with Crippen LogP contribution in [0.4, 0.5) is 0 Å². The summed E-state index contributed by atoms with van der Waals surface area (Å²) in [5.74, 6) is 0.536. The van der Waals surface area contributed by atoms with Crippen molar-refractivity contribution in [1.82, 2.24) is 9.62 Å². The maximum Gasteiger partial charge on any atom is 0.234 e. The van der Waals surface area contributed by atoms with Gasteiger partial charge in [0.15, 0.2) is 11.5 Å². The molecule has 2 amide bonds. The molecule has 7 nitrogen and oxygen atoms in total. The van der Waals surface area contributed by atoms with E-state index in [1.165, 1.54) is 0 Å². The summed E-state index contributed by atoms with van der Waals surface area (Å²) in [6, 6.07) is 11.3. The molecule has 1 fully saturated rings. The fourth-order valence-electron chi connectivity index (χ4n) is 4.01. The highest BCUT2D eigenvalue weighted by molar-refractivity contribution is 7.82. The second-order valence-electron chi connectivity index (χ2n) is 7.38. The van der Waals surface area contributed by atoms with Crippen molar-refractivity contribution in [1.29, 1.82) is 0 Å². The van der Waals surface area contributed by atoms with Gasteiger partial charge in [-0.25, -0.2) is 8.51 Å². The average molecular weight is 412 g/mol. The third-order valence-electron chi connectivity index (χ3n) is 5.52. The van der Waals surface area contributed by atoms with E-state index < -0.39 is 11.0 Å². The van der Waals surface area contributed by atoms with E-state index in [2.05, 4.69) is 5.32 Å². The molecule has 150 valence electrons. The number of imide groups is 1. The molecule has 29 heavy (non-hydrogen) atoms. The second kappa shape index (κ2) is 7.27. The minimum Gasteiger partial charge on any atom is -0.486 e. The van der Waals surface area contributed by atoms with Crippen LogP contribution in [0.25, 0.3) is 0 Å². The van der Waals surface area contributed by atoms with E-state index in [0.29, 0.717) is 55.5 Å². The molecule has 2 atom stereocenters. The van der Waals surface area contributed by atoms with Gasteiger partial charge in [-0.15, -0.1) is 0 Å². The van der Waals surface area contributed by atoms with Gasteiger partial charge in [0.05, 0.1) is 10.8 Å². The molecule has 0 aromatic heterocycles. The summed E-state index contributed by atoms with van der Waals surface area (Å²) < 4.78 is 26.1. The lowest BCUT2D eigenvalue weighted by molar-refractivity contribution is -0.134. The van der Waals surface area contributed by atoms with Gasteiger partial charge in [-0.3, -0.25) is 14.9 Å². The third kappa shape index (κ3) is 3.42. The Morgan fingerprint density at radius 2 is 1.76 bits per heavy atom. The number of nitrogens with zero attached hydrogens (tertiary/aromatic N) is 1. The zero-order chi connectivity index (χ0) is 20.0. The number of hydrogen-bond acceptors (Lipinski definition) is 5. The Balaban J connectivity index is 1.34. The number of ether oxygens (including phenoxy) is 2. The van der Waals surface area contributed by atoms with Gasteiger partial charge in [0.25, 0.3) is 0 Å². The van der Waals surface area contributed by atoms with Gasteiger partial charge in [-0.2, -0.15) is 0 Å². The summed E-state index contributed by atoms with van der Waals surface area (Å²) in [4.78, 5) is 24.2. The number of fused-ring (bicyclic) bond motifs is 2. The van der Waals surface area contributed by atoms with Crippen molar-refractivity contribution in [2.24, 2.45) is 0 Å². The number of carbonyl (C=O) groups excluding carboxylic acids is 2. The molecule has 0 bridgehead atoms. The summed E-state index contributed by atoms with van der Waals surface area (Å²) in [6.45, 7) is 2.12. The molecule has 2 aromatic rings. The zero-order valence-corrected chi connectivity index (χ0v) is 16.5. The van der Waals surface area contributed by atoms with Gasteiger partial charge in [0, 0.05) is 25.6 Å².